The average molecular weight is 407 g/mol. The zero-order valence-corrected chi connectivity index (χ0v) is 16.5. The fourth-order valence-electron chi connectivity index (χ4n) is 2.50. The van der Waals surface area contributed by atoms with Gasteiger partial charge in [0, 0.05) is 5.69 Å². The highest BCUT2D eigenvalue weighted by atomic mass is 32.2. The van der Waals surface area contributed by atoms with Crippen LogP contribution in [0.25, 0.3) is 0 Å². The standard InChI is InChI=1S/C20H22FNO5S/c1-14(2)17-5-3-4-6-18(17)22-19(23)13-27-20(24)11-12-28(25,26)16-9-7-15(21)8-10-16/h3-10,14H,11-13H2,1-2H3,(H,22,23). The van der Waals surface area contributed by atoms with Gasteiger partial charge >= 0.3 is 5.97 Å². The van der Waals surface area contributed by atoms with Crippen LogP contribution < -0.4 is 5.32 Å². The van der Waals surface area contributed by atoms with Gasteiger partial charge in [-0.15, -0.1) is 0 Å². The van der Waals surface area contributed by atoms with Crippen LogP contribution in [-0.4, -0.2) is 32.7 Å². The van der Waals surface area contributed by atoms with Crippen molar-refractivity contribution in [3.05, 3.63) is 59.9 Å². The quantitative estimate of drug-likeness (QED) is 0.536. The van der Waals surface area contributed by atoms with Crippen LogP contribution in [0.15, 0.2) is 53.4 Å². The predicted molar refractivity (Wildman–Crippen MR) is 103 cm³/mol. The summed E-state index contributed by atoms with van der Waals surface area (Å²) in [4.78, 5) is 23.7. The van der Waals surface area contributed by atoms with E-state index in [1.54, 1.807) is 12.1 Å². The normalized spacial score (nSPS) is 11.3. The molecule has 0 atom stereocenters. The minimum absolute atomic E-state index is 0.0789. The van der Waals surface area contributed by atoms with E-state index >= 15 is 0 Å². The second kappa shape index (κ2) is 9.45. The van der Waals surface area contributed by atoms with Gasteiger partial charge in [0.05, 0.1) is 17.1 Å². The lowest BCUT2D eigenvalue weighted by Gasteiger charge is -2.13. The highest BCUT2D eigenvalue weighted by Gasteiger charge is 2.18. The topological polar surface area (TPSA) is 89.5 Å². The molecule has 0 fully saturated rings. The molecule has 0 saturated carbocycles. The highest BCUT2D eigenvalue weighted by molar-refractivity contribution is 7.91. The maximum atomic E-state index is 12.9. The summed E-state index contributed by atoms with van der Waals surface area (Å²) < 4.78 is 42.0. The summed E-state index contributed by atoms with van der Waals surface area (Å²) in [5.74, 6) is -2.16. The monoisotopic (exact) mass is 407 g/mol. The van der Waals surface area contributed by atoms with E-state index in [1.165, 1.54) is 0 Å². The number of carbonyl (C=O) groups is 2. The molecule has 1 amide bonds. The van der Waals surface area contributed by atoms with Crippen LogP contribution in [0.1, 0.15) is 31.7 Å². The van der Waals surface area contributed by atoms with Gasteiger partial charge in [0.2, 0.25) is 0 Å². The van der Waals surface area contributed by atoms with E-state index in [9.17, 15) is 22.4 Å². The fourth-order valence-corrected chi connectivity index (χ4v) is 3.72. The largest absolute Gasteiger partial charge is 0.456 e. The molecule has 0 aliphatic heterocycles. The molecule has 2 aromatic carbocycles. The van der Waals surface area contributed by atoms with Gasteiger partial charge in [0.15, 0.2) is 16.4 Å². The van der Waals surface area contributed by atoms with Crippen LogP contribution >= 0.6 is 0 Å². The second-order valence-electron chi connectivity index (χ2n) is 6.47. The average Bonchev–Trinajstić information content (AvgIpc) is 2.65. The Bertz CT molecular complexity index is 939. The number of hydrogen-bond donors (Lipinski definition) is 1. The van der Waals surface area contributed by atoms with Crippen LogP contribution in [0.2, 0.25) is 0 Å². The molecule has 0 bridgehead atoms. The van der Waals surface area contributed by atoms with Gasteiger partial charge in [-0.2, -0.15) is 0 Å². The summed E-state index contributed by atoms with van der Waals surface area (Å²) in [5, 5.41) is 2.68. The molecular formula is C20H22FNO5S. The van der Waals surface area contributed by atoms with E-state index in [2.05, 4.69) is 5.32 Å². The number of ether oxygens (including phenoxy) is 1. The number of carbonyl (C=O) groups excluding carboxylic acids is 2. The molecule has 0 unspecified atom stereocenters. The maximum Gasteiger partial charge on any atom is 0.307 e. The van der Waals surface area contributed by atoms with Gasteiger partial charge in [-0.1, -0.05) is 32.0 Å². The number of rotatable bonds is 8. The Balaban J connectivity index is 1.84. The first-order valence-corrected chi connectivity index (χ1v) is 10.4. The lowest BCUT2D eigenvalue weighted by atomic mass is 10.0. The molecule has 8 heteroatoms. The van der Waals surface area contributed by atoms with E-state index in [0.717, 1.165) is 29.8 Å². The Kier molecular flexibility index (Phi) is 7.28. The summed E-state index contributed by atoms with van der Waals surface area (Å²) >= 11 is 0. The van der Waals surface area contributed by atoms with E-state index in [1.807, 2.05) is 26.0 Å². The lowest BCUT2D eigenvalue weighted by Crippen LogP contribution is -2.22. The van der Waals surface area contributed by atoms with Crippen LogP contribution in [0.4, 0.5) is 10.1 Å². The number of halogens is 1. The molecule has 0 heterocycles. The molecule has 150 valence electrons. The third-order valence-electron chi connectivity index (χ3n) is 3.97. The number of hydrogen-bond acceptors (Lipinski definition) is 5. The molecule has 0 spiro atoms. The number of anilines is 1. The molecular weight excluding hydrogens is 385 g/mol. The van der Waals surface area contributed by atoms with Crippen molar-refractivity contribution < 1.29 is 27.1 Å². The minimum Gasteiger partial charge on any atom is -0.456 e. The molecule has 0 aliphatic carbocycles. The zero-order valence-electron chi connectivity index (χ0n) is 15.6. The van der Waals surface area contributed by atoms with Gasteiger partial charge in [-0.05, 0) is 41.8 Å². The number of nitrogens with one attached hydrogen (secondary N) is 1. The molecule has 0 aliphatic rings. The van der Waals surface area contributed by atoms with Crippen molar-refractivity contribution in [3.63, 3.8) is 0 Å². The van der Waals surface area contributed by atoms with E-state index < -0.39 is 46.3 Å². The van der Waals surface area contributed by atoms with Gasteiger partial charge in [-0.25, -0.2) is 12.8 Å². The van der Waals surface area contributed by atoms with Crippen molar-refractivity contribution in [1.29, 1.82) is 0 Å². The maximum absolute atomic E-state index is 12.9. The lowest BCUT2D eigenvalue weighted by molar-refractivity contribution is -0.146. The third kappa shape index (κ3) is 6.16. The first kappa shape index (κ1) is 21.6. The summed E-state index contributed by atoms with van der Waals surface area (Å²) in [6.07, 6.45) is -0.407. The number of benzene rings is 2. The number of amides is 1. The molecule has 0 aromatic heterocycles. The van der Waals surface area contributed by atoms with Gasteiger partial charge in [0.25, 0.3) is 5.91 Å². The summed E-state index contributed by atoms with van der Waals surface area (Å²) in [7, 11) is -3.74. The van der Waals surface area contributed by atoms with Crippen LogP contribution in [0.5, 0.6) is 0 Å². The van der Waals surface area contributed by atoms with Crippen molar-refractivity contribution in [1.82, 2.24) is 0 Å². The predicted octanol–water partition coefficient (Wildman–Crippen LogP) is 3.29. The second-order valence-corrected chi connectivity index (χ2v) is 8.58. The van der Waals surface area contributed by atoms with Crippen molar-refractivity contribution in [2.75, 3.05) is 17.7 Å². The Hall–Kier alpha value is -2.74. The van der Waals surface area contributed by atoms with Crippen molar-refractivity contribution in [2.24, 2.45) is 0 Å². The van der Waals surface area contributed by atoms with Crippen LogP contribution in [0, 0.1) is 5.82 Å². The molecule has 0 radical (unpaired) electrons. The molecule has 1 N–H and O–H groups in total. The molecule has 6 nitrogen and oxygen atoms in total. The van der Waals surface area contributed by atoms with Crippen LogP contribution in [-0.2, 0) is 24.2 Å². The number of para-hydroxylation sites is 1. The van der Waals surface area contributed by atoms with Crippen LogP contribution in [0.3, 0.4) is 0 Å². The van der Waals surface area contributed by atoms with Crippen molar-refractivity contribution >= 4 is 27.4 Å². The number of sulfone groups is 1. The molecule has 0 saturated heterocycles. The van der Waals surface area contributed by atoms with Crippen molar-refractivity contribution in [3.8, 4) is 0 Å². The first-order chi connectivity index (χ1) is 13.2. The number of esters is 1. The Morgan fingerprint density at radius 2 is 1.71 bits per heavy atom. The van der Waals surface area contributed by atoms with E-state index in [-0.39, 0.29) is 10.8 Å². The SMILES string of the molecule is CC(C)c1ccccc1NC(=O)COC(=O)CCS(=O)(=O)c1ccc(F)cc1. The molecule has 28 heavy (non-hydrogen) atoms. The Morgan fingerprint density at radius 3 is 2.36 bits per heavy atom. The summed E-state index contributed by atoms with van der Waals surface area (Å²) in [5.41, 5.74) is 1.59. The third-order valence-corrected chi connectivity index (χ3v) is 5.70. The molecule has 2 rings (SSSR count). The molecule has 2 aromatic rings. The van der Waals surface area contributed by atoms with E-state index in [0.29, 0.717) is 5.69 Å². The Labute approximate surface area is 163 Å². The zero-order chi connectivity index (χ0) is 20.7. The van der Waals surface area contributed by atoms with Gasteiger partial charge in [0.1, 0.15) is 5.82 Å². The summed E-state index contributed by atoms with van der Waals surface area (Å²) in [6.45, 7) is 3.47. The minimum atomic E-state index is -3.74. The highest BCUT2D eigenvalue weighted by Crippen LogP contribution is 2.23. The van der Waals surface area contributed by atoms with E-state index in [4.69, 9.17) is 4.74 Å². The van der Waals surface area contributed by atoms with Gasteiger partial charge < -0.3 is 10.1 Å². The Morgan fingerprint density at radius 1 is 1.07 bits per heavy atom. The summed E-state index contributed by atoms with van der Waals surface area (Å²) in [6, 6.07) is 11.6. The first-order valence-electron chi connectivity index (χ1n) is 8.72. The van der Waals surface area contributed by atoms with Gasteiger partial charge in [-0.3, -0.25) is 9.59 Å². The van der Waals surface area contributed by atoms with Crippen molar-refractivity contribution in [2.45, 2.75) is 31.1 Å². The smallest absolute Gasteiger partial charge is 0.307 e. The fraction of sp³-hybridized carbons (Fsp3) is 0.300.